The Morgan fingerprint density at radius 2 is 2.18 bits per heavy atom. The van der Waals surface area contributed by atoms with Crippen LogP contribution in [-0.2, 0) is 6.54 Å². The minimum atomic E-state index is 0.426. The molecule has 1 aromatic heterocycles. The first kappa shape index (κ1) is 14.4. The maximum atomic E-state index is 5.49. The summed E-state index contributed by atoms with van der Waals surface area (Å²) < 4.78 is 5.49. The molecule has 0 fully saturated rings. The molecule has 0 radical (unpaired) electrons. The molecule has 98 valence electrons. The van der Waals surface area contributed by atoms with E-state index < -0.39 is 0 Å². The Labute approximate surface area is 108 Å². The molecular weight excluding hydrogens is 234 g/mol. The molecule has 0 amide bonds. The van der Waals surface area contributed by atoms with Gasteiger partial charge in [0.25, 0.3) is 6.01 Å². The summed E-state index contributed by atoms with van der Waals surface area (Å²) in [5, 5.41) is 3.32. The Bertz CT molecular complexity index is 327. The van der Waals surface area contributed by atoms with Crippen LogP contribution in [0.25, 0.3) is 0 Å². The van der Waals surface area contributed by atoms with E-state index in [1.165, 1.54) is 0 Å². The van der Waals surface area contributed by atoms with Crippen LogP contribution in [0.1, 0.15) is 26.5 Å². The van der Waals surface area contributed by atoms with Crippen LogP contribution in [0.5, 0.6) is 0 Å². The number of thioether (sulfide) groups is 1. The number of aromatic nitrogens is 1. The molecule has 4 nitrogen and oxygen atoms in total. The summed E-state index contributed by atoms with van der Waals surface area (Å²) in [5.74, 6) is 1.07. The standard InChI is InChI=1S/C12H23N3OS/c1-9(2)13-6-11-7-16-12(14-11)15(4)10(3)8-17-5/h7,9-10,13H,6,8H2,1-5H3. The molecule has 1 rings (SSSR count). The van der Waals surface area contributed by atoms with Crippen molar-refractivity contribution < 1.29 is 4.42 Å². The quantitative estimate of drug-likeness (QED) is 0.812. The molecule has 1 aromatic rings. The summed E-state index contributed by atoms with van der Waals surface area (Å²) in [6, 6.07) is 1.59. The summed E-state index contributed by atoms with van der Waals surface area (Å²) in [6.45, 7) is 7.17. The molecule has 0 saturated heterocycles. The normalized spacial score (nSPS) is 13.1. The topological polar surface area (TPSA) is 41.3 Å². The van der Waals surface area contributed by atoms with Gasteiger partial charge in [-0.25, -0.2) is 0 Å². The van der Waals surface area contributed by atoms with Gasteiger partial charge < -0.3 is 14.6 Å². The molecule has 1 atom stereocenters. The Morgan fingerprint density at radius 3 is 2.76 bits per heavy atom. The number of hydrogen-bond acceptors (Lipinski definition) is 5. The largest absolute Gasteiger partial charge is 0.432 e. The van der Waals surface area contributed by atoms with Crippen LogP contribution < -0.4 is 10.2 Å². The maximum Gasteiger partial charge on any atom is 0.297 e. The summed E-state index contributed by atoms with van der Waals surface area (Å²) >= 11 is 1.83. The molecule has 0 bridgehead atoms. The van der Waals surface area contributed by atoms with Crippen molar-refractivity contribution in [2.45, 2.75) is 39.4 Å². The third-order valence-corrected chi connectivity index (χ3v) is 3.42. The van der Waals surface area contributed by atoms with E-state index in [9.17, 15) is 0 Å². The Hall–Kier alpha value is -0.680. The summed E-state index contributed by atoms with van der Waals surface area (Å²) in [5.41, 5.74) is 0.955. The second-order valence-corrected chi connectivity index (χ2v) is 5.48. The van der Waals surface area contributed by atoms with E-state index in [0.717, 1.165) is 18.0 Å². The van der Waals surface area contributed by atoms with Crippen molar-refractivity contribution in [1.82, 2.24) is 10.3 Å². The molecule has 1 unspecified atom stereocenters. The van der Waals surface area contributed by atoms with Crippen molar-refractivity contribution in [3.63, 3.8) is 0 Å². The van der Waals surface area contributed by atoms with Gasteiger partial charge in [0, 0.05) is 31.4 Å². The van der Waals surface area contributed by atoms with Crippen LogP contribution in [0.15, 0.2) is 10.7 Å². The molecule has 0 aromatic carbocycles. The first-order chi connectivity index (χ1) is 8.04. The van der Waals surface area contributed by atoms with Gasteiger partial charge in [0.1, 0.15) is 6.26 Å². The lowest BCUT2D eigenvalue weighted by Gasteiger charge is -2.21. The second-order valence-electron chi connectivity index (χ2n) is 4.57. The predicted octanol–water partition coefficient (Wildman–Crippen LogP) is 2.36. The van der Waals surface area contributed by atoms with Gasteiger partial charge in [-0.3, -0.25) is 0 Å². The summed E-state index contributed by atoms with van der Waals surface area (Å²) in [4.78, 5) is 6.55. The SMILES string of the molecule is CSCC(C)N(C)c1nc(CNC(C)C)co1. The fourth-order valence-corrected chi connectivity index (χ4v) is 2.10. The maximum absolute atomic E-state index is 5.49. The minimum Gasteiger partial charge on any atom is -0.432 e. The van der Waals surface area contributed by atoms with Crippen LogP contribution in [0.2, 0.25) is 0 Å². The van der Waals surface area contributed by atoms with Crippen LogP contribution in [0, 0.1) is 0 Å². The first-order valence-corrected chi connectivity index (χ1v) is 7.33. The van der Waals surface area contributed by atoms with Crippen LogP contribution in [0.3, 0.4) is 0 Å². The van der Waals surface area contributed by atoms with Crippen LogP contribution >= 0.6 is 11.8 Å². The molecule has 0 aliphatic carbocycles. The monoisotopic (exact) mass is 257 g/mol. The smallest absolute Gasteiger partial charge is 0.297 e. The zero-order valence-corrected chi connectivity index (χ0v) is 12.2. The molecule has 1 heterocycles. The molecule has 1 N–H and O–H groups in total. The average Bonchev–Trinajstić information content (AvgIpc) is 2.74. The highest BCUT2D eigenvalue weighted by molar-refractivity contribution is 7.98. The number of rotatable bonds is 7. The lowest BCUT2D eigenvalue weighted by molar-refractivity contribution is 0.528. The van der Waals surface area contributed by atoms with Gasteiger partial charge in [0.2, 0.25) is 0 Å². The van der Waals surface area contributed by atoms with E-state index in [1.54, 1.807) is 6.26 Å². The number of nitrogens with zero attached hydrogens (tertiary/aromatic N) is 2. The molecule has 0 aliphatic rings. The Kier molecular flexibility index (Phi) is 5.85. The highest BCUT2D eigenvalue weighted by atomic mass is 32.2. The fourth-order valence-electron chi connectivity index (χ4n) is 1.39. The van der Waals surface area contributed by atoms with E-state index >= 15 is 0 Å². The van der Waals surface area contributed by atoms with E-state index in [1.807, 2.05) is 18.8 Å². The fraction of sp³-hybridized carbons (Fsp3) is 0.750. The van der Waals surface area contributed by atoms with Crippen molar-refractivity contribution in [1.29, 1.82) is 0 Å². The minimum absolute atomic E-state index is 0.426. The Morgan fingerprint density at radius 1 is 1.47 bits per heavy atom. The molecule has 0 saturated carbocycles. The zero-order valence-electron chi connectivity index (χ0n) is 11.4. The number of hydrogen-bond donors (Lipinski definition) is 1. The highest BCUT2D eigenvalue weighted by Gasteiger charge is 2.14. The molecular formula is C12H23N3OS. The lowest BCUT2D eigenvalue weighted by atomic mass is 10.3. The summed E-state index contributed by atoms with van der Waals surface area (Å²) in [6.07, 6.45) is 3.84. The first-order valence-electron chi connectivity index (χ1n) is 5.94. The van der Waals surface area contributed by atoms with Gasteiger partial charge in [0.15, 0.2) is 0 Å². The van der Waals surface area contributed by atoms with E-state index in [4.69, 9.17) is 4.42 Å². The van der Waals surface area contributed by atoms with Gasteiger partial charge in [-0.2, -0.15) is 16.7 Å². The van der Waals surface area contributed by atoms with Gasteiger partial charge in [-0.05, 0) is 13.2 Å². The molecule has 0 aliphatic heterocycles. The third-order valence-electron chi connectivity index (χ3n) is 2.60. The number of nitrogens with one attached hydrogen (secondary N) is 1. The number of oxazole rings is 1. The van der Waals surface area contributed by atoms with Gasteiger partial charge in [-0.15, -0.1) is 0 Å². The molecule has 0 spiro atoms. The third kappa shape index (κ3) is 4.60. The van der Waals surface area contributed by atoms with Crippen LogP contribution in [-0.4, -0.2) is 36.1 Å². The van der Waals surface area contributed by atoms with Crippen molar-refractivity contribution in [3.8, 4) is 0 Å². The van der Waals surface area contributed by atoms with Crippen molar-refractivity contribution >= 4 is 17.8 Å². The van der Waals surface area contributed by atoms with Crippen molar-refractivity contribution in [3.05, 3.63) is 12.0 Å². The summed E-state index contributed by atoms with van der Waals surface area (Å²) in [7, 11) is 2.02. The lowest BCUT2D eigenvalue weighted by Crippen LogP contribution is -2.31. The zero-order chi connectivity index (χ0) is 12.8. The van der Waals surface area contributed by atoms with E-state index in [2.05, 4.69) is 42.2 Å². The number of anilines is 1. The van der Waals surface area contributed by atoms with Gasteiger partial charge in [0.05, 0.1) is 5.69 Å². The van der Waals surface area contributed by atoms with Crippen molar-refractivity contribution in [2.75, 3.05) is 24.0 Å². The molecule has 5 heteroatoms. The van der Waals surface area contributed by atoms with Crippen molar-refractivity contribution in [2.24, 2.45) is 0 Å². The van der Waals surface area contributed by atoms with E-state index in [0.29, 0.717) is 18.1 Å². The van der Waals surface area contributed by atoms with Gasteiger partial charge >= 0.3 is 0 Å². The highest BCUT2D eigenvalue weighted by Crippen LogP contribution is 2.16. The average molecular weight is 257 g/mol. The van der Waals surface area contributed by atoms with Gasteiger partial charge in [-0.1, -0.05) is 13.8 Å². The molecule has 17 heavy (non-hydrogen) atoms. The Balaban J connectivity index is 2.54. The predicted molar refractivity (Wildman–Crippen MR) is 74.7 cm³/mol. The second kappa shape index (κ2) is 6.91. The van der Waals surface area contributed by atoms with E-state index in [-0.39, 0.29) is 0 Å². The van der Waals surface area contributed by atoms with Crippen LogP contribution in [0.4, 0.5) is 6.01 Å².